The molecule has 106 valence electrons. The third kappa shape index (κ3) is 3.83. The van der Waals surface area contributed by atoms with Gasteiger partial charge in [-0.1, -0.05) is 6.07 Å². The third-order valence-electron chi connectivity index (χ3n) is 2.39. The molecule has 0 aliphatic carbocycles. The first-order chi connectivity index (χ1) is 8.50. The van der Waals surface area contributed by atoms with Gasteiger partial charge in [-0.25, -0.2) is 13.1 Å². The Kier molecular flexibility index (Phi) is 5.63. The van der Waals surface area contributed by atoms with Crippen molar-refractivity contribution >= 4 is 45.2 Å². The van der Waals surface area contributed by atoms with E-state index >= 15 is 0 Å². The third-order valence-corrected chi connectivity index (χ3v) is 4.42. The highest BCUT2D eigenvalue weighted by Crippen LogP contribution is 2.20. The van der Waals surface area contributed by atoms with Gasteiger partial charge in [0.25, 0.3) is 0 Å². The van der Waals surface area contributed by atoms with Crippen molar-refractivity contribution in [3.05, 3.63) is 18.2 Å². The fourth-order valence-corrected chi connectivity index (χ4v) is 3.27. The van der Waals surface area contributed by atoms with Crippen LogP contribution in [0.15, 0.2) is 23.1 Å². The van der Waals surface area contributed by atoms with E-state index in [2.05, 4.69) is 13.5 Å². The minimum atomic E-state index is -3.52. The van der Waals surface area contributed by atoms with Gasteiger partial charge in [0.05, 0.1) is 11.7 Å². The summed E-state index contributed by atoms with van der Waals surface area (Å²) in [6, 6.07) is 4.96. The second-order valence-corrected chi connectivity index (χ2v) is 6.35. The molecule has 0 atom stereocenters. The van der Waals surface area contributed by atoms with Crippen molar-refractivity contribution in [1.82, 2.24) is 18.4 Å². The minimum absolute atomic E-state index is 0. The lowest BCUT2D eigenvalue weighted by Gasteiger charge is -2.11. The molecule has 1 N–H and O–H groups in total. The molecule has 0 saturated carbocycles. The molecule has 0 bridgehead atoms. The monoisotopic (exact) mass is 322 g/mol. The summed E-state index contributed by atoms with van der Waals surface area (Å²) >= 11 is 1.01. The van der Waals surface area contributed by atoms with Gasteiger partial charge in [0.1, 0.15) is 15.9 Å². The van der Waals surface area contributed by atoms with Crippen LogP contribution in [-0.4, -0.2) is 49.2 Å². The number of sulfonamides is 1. The topological polar surface area (TPSA) is 75.2 Å². The smallest absolute Gasteiger partial charge is 0.242 e. The van der Waals surface area contributed by atoms with Crippen LogP contribution in [0.5, 0.6) is 0 Å². The Morgan fingerprint density at radius 2 is 2.05 bits per heavy atom. The zero-order chi connectivity index (χ0) is 13.2. The Bertz CT molecular complexity index is 642. The maximum atomic E-state index is 12.1. The van der Waals surface area contributed by atoms with E-state index in [1.54, 1.807) is 18.2 Å². The molecule has 1 aromatic carbocycles. The summed E-state index contributed by atoms with van der Waals surface area (Å²) in [7, 11) is 0.252. The van der Waals surface area contributed by atoms with Gasteiger partial charge in [-0.2, -0.15) is 8.75 Å². The van der Waals surface area contributed by atoms with Crippen molar-refractivity contribution in [2.45, 2.75) is 4.90 Å². The quantitative estimate of drug-likeness (QED) is 0.887. The molecule has 0 saturated heterocycles. The van der Waals surface area contributed by atoms with E-state index in [1.165, 1.54) is 0 Å². The lowest BCUT2D eigenvalue weighted by atomic mass is 10.3. The van der Waals surface area contributed by atoms with Crippen LogP contribution in [0.3, 0.4) is 0 Å². The number of hydrogen-bond acceptors (Lipinski definition) is 6. The molecular formula is C10H15ClN4O2S2. The molecule has 0 unspecified atom stereocenters. The van der Waals surface area contributed by atoms with Crippen LogP contribution in [-0.2, 0) is 10.0 Å². The molecule has 0 aliphatic heterocycles. The maximum absolute atomic E-state index is 12.1. The molecule has 1 heterocycles. The van der Waals surface area contributed by atoms with Crippen LogP contribution >= 0.6 is 24.1 Å². The lowest BCUT2D eigenvalue weighted by molar-refractivity contribution is 0.412. The Labute approximate surface area is 122 Å². The Morgan fingerprint density at radius 3 is 2.74 bits per heavy atom. The van der Waals surface area contributed by atoms with Gasteiger partial charge >= 0.3 is 0 Å². The number of fused-ring (bicyclic) bond motifs is 1. The van der Waals surface area contributed by atoms with Crippen LogP contribution in [0.25, 0.3) is 11.0 Å². The van der Waals surface area contributed by atoms with Crippen molar-refractivity contribution in [2.75, 3.05) is 27.2 Å². The molecule has 0 spiro atoms. The van der Waals surface area contributed by atoms with Crippen molar-refractivity contribution < 1.29 is 8.42 Å². The first-order valence-corrected chi connectivity index (χ1v) is 7.58. The number of nitrogens with zero attached hydrogens (tertiary/aromatic N) is 3. The van der Waals surface area contributed by atoms with Crippen molar-refractivity contribution in [3.8, 4) is 0 Å². The first kappa shape index (κ1) is 16.3. The highest BCUT2D eigenvalue weighted by Gasteiger charge is 2.18. The predicted molar refractivity (Wildman–Crippen MR) is 78.4 cm³/mol. The number of halogens is 1. The van der Waals surface area contributed by atoms with E-state index in [1.807, 2.05) is 19.0 Å². The molecular weight excluding hydrogens is 308 g/mol. The Balaban J connectivity index is 0.00000180. The Morgan fingerprint density at radius 1 is 1.32 bits per heavy atom. The van der Waals surface area contributed by atoms with Gasteiger partial charge in [0.2, 0.25) is 10.0 Å². The normalized spacial score (nSPS) is 11.7. The zero-order valence-electron chi connectivity index (χ0n) is 10.5. The highest BCUT2D eigenvalue weighted by molar-refractivity contribution is 7.89. The average molecular weight is 323 g/mol. The first-order valence-electron chi connectivity index (χ1n) is 5.36. The molecule has 2 rings (SSSR count). The molecule has 0 radical (unpaired) electrons. The second kappa shape index (κ2) is 6.58. The summed E-state index contributed by atoms with van der Waals surface area (Å²) in [5, 5.41) is 0. The molecule has 1 aromatic heterocycles. The van der Waals surface area contributed by atoms with Gasteiger partial charge in [-0.3, -0.25) is 0 Å². The molecule has 9 heteroatoms. The fraction of sp³-hybridized carbons (Fsp3) is 0.400. The number of nitrogens with one attached hydrogen (secondary N) is 1. The number of hydrogen-bond donors (Lipinski definition) is 1. The highest BCUT2D eigenvalue weighted by atomic mass is 35.5. The summed E-state index contributed by atoms with van der Waals surface area (Å²) in [6.45, 7) is 1.01. The van der Waals surface area contributed by atoms with E-state index in [-0.39, 0.29) is 17.3 Å². The van der Waals surface area contributed by atoms with Gasteiger partial charge in [-0.15, -0.1) is 12.4 Å². The molecule has 0 fully saturated rings. The van der Waals surface area contributed by atoms with E-state index in [0.29, 0.717) is 24.1 Å². The molecule has 0 aliphatic rings. The van der Waals surface area contributed by atoms with Crippen LogP contribution in [0, 0.1) is 0 Å². The molecule has 6 nitrogen and oxygen atoms in total. The van der Waals surface area contributed by atoms with E-state index in [0.717, 1.165) is 11.7 Å². The maximum Gasteiger partial charge on any atom is 0.242 e. The number of benzene rings is 1. The van der Waals surface area contributed by atoms with Crippen LogP contribution in [0.4, 0.5) is 0 Å². The van der Waals surface area contributed by atoms with Crippen LogP contribution < -0.4 is 4.72 Å². The van der Waals surface area contributed by atoms with Crippen molar-refractivity contribution in [1.29, 1.82) is 0 Å². The summed E-state index contributed by atoms with van der Waals surface area (Å²) in [6.07, 6.45) is 0. The average Bonchev–Trinajstić information content (AvgIpc) is 2.75. The SMILES string of the molecule is CN(C)CCNS(=O)(=O)c1cccc2nsnc12.Cl. The number of likely N-dealkylation sites (N-methyl/N-ethyl adjacent to an activating group) is 1. The van der Waals surface area contributed by atoms with Gasteiger partial charge < -0.3 is 4.90 Å². The largest absolute Gasteiger partial charge is 0.308 e. The summed E-state index contributed by atoms with van der Waals surface area (Å²) in [5.41, 5.74) is 1.04. The summed E-state index contributed by atoms with van der Waals surface area (Å²) in [5.74, 6) is 0. The van der Waals surface area contributed by atoms with Gasteiger partial charge in [0.15, 0.2) is 0 Å². The molecule has 2 aromatic rings. The van der Waals surface area contributed by atoms with Crippen LogP contribution in [0.2, 0.25) is 0 Å². The van der Waals surface area contributed by atoms with Gasteiger partial charge in [-0.05, 0) is 26.2 Å². The second-order valence-electron chi connectivity index (χ2n) is 4.09. The Hall–Kier alpha value is -0.800. The standard InChI is InChI=1S/C10H14N4O2S2.ClH/c1-14(2)7-6-11-18(15,16)9-5-3-4-8-10(9)13-17-12-8;/h3-5,11H,6-7H2,1-2H3;1H. The van der Waals surface area contributed by atoms with Crippen molar-refractivity contribution in [3.63, 3.8) is 0 Å². The van der Waals surface area contributed by atoms with E-state index < -0.39 is 10.0 Å². The van der Waals surface area contributed by atoms with E-state index in [4.69, 9.17) is 0 Å². The number of rotatable bonds is 5. The molecule has 0 amide bonds. The van der Waals surface area contributed by atoms with Crippen molar-refractivity contribution in [2.24, 2.45) is 0 Å². The number of aromatic nitrogens is 2. The molecule has 19 heavy (non-hydrogen) atoms. The van der Waals surface area contributed by atoms with Gasteiger partial charge in [0, 0.05) is 13.1 Å². The minimum Gasteiger partial charge on any atom is -0.308 e. The fourth-order valence-electron chi connectivity index (χ4n) is 1.48. The lowest BCUT2D eigenvalue weighted by Crippen LogP contribution is -2.31. The van der Waals surface area contributed by atoms with Crippen LogP contribution in [0.1, 0.15) is 0 Å². The van der Waals surface area contributed by atoms with E-state index in [9.17, 15) is 8.42 Å². The summed E-state index contributed by atoms with van der Waals surface area (Å²) < 4.78 is 34.9. The summed E-state index contributed by atoms with van der Waals surface area (Å²) in [4.78, 5) is 2.10. The predicted octanol–water partition coefficient (Wildman–Crippen LogP) is 0.953. The zero-order valence-corrected chi connectivity index (χ0v) is 13.0.